The Kier molecular flexibility index (Phi) is 3.61. The van der Waals surface area contributed by atoms with Gasteiger partial charge in [-0.1, -0.05) is 30.3 Å². The normalized spacial score (nSPS) is 10.8. The molecule has 3 rings (SSSR count). The van der Waals surface area contributed by atoms with Gasteiger partial charge in [-0.2, -0.15) is 0 Å². The van der Waals surface area contributed by atoms with Crippen LogP contribution in [0.5, 0.6) is 0 Å². The van der Waals surface area contributed by atoms with Crippen LogP contribution < -0.4 is 0 Å². The summed E-state index contributed by atoms with van der Waals surface area (Å²) in [6, 6.07) is 14.3. The second kappa shape index (κ2) is 5.55. The second-order valence-electron chi connectivity index (χ2n) is 4.78. The minimum Gasteiger partial charge on any atom is -0.299 e. The third kappa shape index (κ3) is 2.78. The van der Waals surface area contributed by atoms with Gasteiger partial charge in [-0.3, -0.25) is 4.79 Å². The average Bonchev–Trinajstić information content (AvgIpc) is 2.82. The lowest BCUT2D eigenvalue weighted by molar-refractivity contribution is -0.117. The van der Waals surface area contributed by atoms with Crippen LogP contribution in [-0.2, 0) is 17.6 Å². The maximum Gasteiger partial charge on any atom is 0.141 e. The van der Waals surface area contributed by atoms with Crippen molar-refractivity contribution < 1.29 is 9.18 Å². The quantitative estimate of drug-likeness (QED) is 0.694. The van der Waals surface area contributed by atoms with Crippen LogP contribution in [0.3, 0.4) is 0 Å². The smallest absolute Gasteiger partial charge is 0.141 e. The van der Waals surface area contributed by atoms with Gasteiger partial charge in [-0.05, 0) is 40.1 Å². The molecule has 0 aliphatic heterocycles. The number of rotatable bonds is 4. The molecule has 0 saturated heterocycles. The fourth-order valence-electron chi connectivity index (χ4n) is 2.32. The molecule has 20 heavy (non-hydrogen) atoms. The van der Waals surface area contributed by atoms with E-state index in [0.717, 1.165) is 16.5 Å². The molecule has 0 atom stereocenters. The van der Waals surface area contributed by atoms with Crippen molar-refractivity contribution in [3.63, 3.8) is 0 Å². The number of carbonyl (C=O) groups excluding carboxylic acids is 1. The summed E-state index contributed by atoms with van der Waals surface area (Å²) in [4.78, 5) is 12.1. The first-order valence-electron chi connectivity index (χ1n) is 6.43. The zero-order valence-corrected chi connectivity index (χ0v) is 11.6. The molecule has 1 nitrogen and oxygen atoms in total. The van der Waals surface area contributed by atoms with Gasteiger partial charge in [-0.25, -0.2) is 4.39 Å². The van der Waals surface area contributed by atoms with Gasteiger partial charge >= 0.3 is 0 Å². The molecule has 0 amide bonds. The van der Waals surface area contributed by atoms with Gasteiger partial charge in [0.25, 0.3) is 0 Å². The molecule has 0 aliphatic carbocycles. The number of Topliss-reactive ketones (excluding diaryl/α,β-unsaturated/α-hetero) is 1. The lowest BCUT2D eigenvalue weighted by Gasteiger charge is -2.01. The molecule has 0 N–H and O–H groups in total. The van der Waals surface area contributed by atoms with Crippen molar-refractivity contribution in [1.82, 2.24) is 0 Å². The highest BCUT2D eigenvalue weighted by Gasteiger charge is 2.10. The van der Waals surface area contributed by atoms with Crippen LogP contribution in [0.4, 0.5) is 4.39 Å². The van der Waals surface area contributed by atoms with E-state index in [0.29, 0.717) is 6.42 Å². The van der Waals surface area contributed by atoms with Crippen LogP contribution in [0.1, 0.15) is 11.1 Å². The van der Waals surface area contributed by atoms with E-state index in [2.05, 4.69) is 6.07 Å². The summed E-state index contributed by atoms with van der Waals surface area (Å²) >= 11 is 1.65. The van der Waals surface area contributed by atoms with E-state index in [9.17, 15) is 9.18 Å². The molecule has 1 heterocycles. The Morgan fingerprint density at radius 1 is 1.05 bits per heavy atom. The first-order chi connectivity index (χ1) is 9.72. The molecule has 3 aromatic rings. The zero-order valence-electron chi connectivity index (χ0n) is 10.8. The Labute approximate surface area is 120 Å². The van der Waals surface area contributed by atoms with Crippen molar-refractivity contribution in [3.8, 4) is 0 Å². The fraction of sp³-hybridized carbons (Fsp3) is 0.118. The molecule has 3 heteroatoms. The van der Waals surface area contributed by atoms with E-state index >= 15 is 0 Å². The van der Waals surface area contributed by atoms with Crippen LogP contribution in [0.15, 0.2) is 53.9 Å². The SMILES string of the molecule is O=C(Cc1cccc(F)c1)Cc1csc2ccccc12. The molecule has 0 bridgehead atoms. The van der Waals surface area contributed by atoms with Crippen molar-refractivity contribution in [2.45, 2.75) is 12.8 Å². The van der Waals surface area contributed by atoms with E-state index in [1.165, 1.54) is 16.8 Å². The van der Waals surface area contributed by atoms with Crippen LogP contribution in [0.2, 0.25) is 0 Å². The molecule has 0 aliphatic rings. The Morgan fingerprint density at radius 2 is 1.90 bits per heavy atom. The van der Waals surface area contributed by atoms with E-state index < -0.39 is 0 Å². The number of halogens is 1. The lowest BCUT2D eigenvalue weighted by Crippen LogP contribution is -2.06. The largest absolute Gasteiger partial charge is 0.299 e. The third-order valence-electron chi connectivity index (χ3n) is 3.24. The topological polar surface area (TPSA) is 17.1 Å². The number of ketones is 1. The highest BCUT2D eigenvalue weighted by atomic mass is 32.1. The number of hydrogen-bond acceptors (Lipinski definition) is 2. The summed E-state index contributed by atoms with van der Waals surface area (Å²) in [5.74, 6) is -0.185. The minimum atomic E-state index is -0.295. The van der Waals surface area contributed by atoms with Crippen LogP contribution >= 0.6 is 11.3 Å². The molecule has 0 spiro atoms. The van der Waals surface area contributed by atoms with Gasteiger partial charge < -0.3 is 0 Å². The Morgan fingerprint density at radius 3 is 2.75 bits per heavy atom. The Bertz CT molecular complexity index is 760. The number of hydrogen-bond donors (Lipinski definition) is 0. The summed E-state index contributed by atoms with van der Waals surface area (Å²) in [7, 11) is 0. The summed E-state index contributed by atoms with van der Waals surface area (Å²) in [6.45, 7) is 0. The monoisotopic (exact) mass is 284 g/mol. The van der Waals surface area contributed by atoms with Crippen molar-refractivity contribution in [3.05, 3.63) is 70.9 Å². The minimum absolute atomic E-state index is 0.110. The molecule has 1 aromatic heterocycles. The fourth-order valence-corrected chi connectivity index (χ4v) is 3.28. The van der Waals surface area contributed by atoms with Crippen LogP contribution in [-0.4, -0.2) is 5.78 Å². The standard InChI is InChI=1S/C17H13FOS/c18-14-5-3-4-12(8-14)9-15(19)10-13-11-20-17-7-2-1-6-16(13)17/h1-8,11H,9-10H2. The maximum atomic E-state index is 13.1. The molecule has 100 valence electrons. The number of carbonyl (C=O) groups is 1. The van der Waals surface area contributed by atoms with Gasteiger partial charge in [0.15, 0.2) is 0 Å². The summed E-state index contributed by atoms with van der Waals surface area (Å²) in [5.41, 5.74) is 1.79. The van der Waals surface area contributed by atoms with E-state index in [1.54, 1.807) is 23.5 Å². The highest BCUT2D eigenvalue weighted by Crippen LogP contribution is 2.26. The predicted octanol–water partition coefficient (Wildman–Crippen LogP) is 4.39. The Balaban J connectivity index is 1.76. The highest BCUT2D eigenvalue weighted by molar-refractivity contribution is 7.17. The van der Waals surface area contributed by atoms with E-state index in [1.807, 2.05) is 23.6 Å². The average molecular weight is 284 g/mol. The number of benzene rings is 2. The van der Waals surface area contributed by atoms with Gasteiger partial charge in [0.05, 0.1) is 0 Å². The van der Waals surface area contributed by atoms with Crippen molar-refractivity contribution in [1.29, 1.82) is 0 Å². The molecular weight excluding hydrogens is 271 g/mol. The molecule has 0 unspecified atom stereocenters. The third-order valence-corrected chi connectivity index (χ3v) is 4.25. The number of fused-ring (bicyclic) bond motifs is 1. The molecule has 2 aromatic carbocycles. The van der Waals surface area contributed by atoms with Crippen LogP contribution in [0, 0.1) is 5.82 Å². The summed E-state index contributed by atoms with van der Waals surface area (Å²) in [6.07, 6.45) is 0.683. The Hall–Kier alpha value is -2.00. The predicted molar refractivity (Wildman–Crippen MR) is 80.6 cm³/mol. The molecular formula is C17H13FOS. The van der Waals surface area contributed by atoms with Gasteiger partial charge in [0.2, 0.25) is 0 Å². The zero-order chi connectivity index (χ0) is 13.9. The first kappa shape index (κ1) is 13.0. The van der Waals surface area contributed by atoms with E-state index in [4.69, 9.17) is 0 Å². The van der Waals surface area contributed by atoms with Crippen molar-refractivity contribution >= 4 is 27.2 Å². The molecule has 0 radical (unpaired) electrons. The first-order valence-corrected chi connectivity index (χ1v) is 7.31. The number of thiophene rings is 1. The van der Waals surface area contributed by atoms with Gasteiger partial charge in [0.1, 0.15) is 11.6 Å². The van der Waals surface area contributed by atoms with Gasteiger partial charge in [-0.15, -0.1) is 11.3 Å². The molecule has 0 saturated carbocycles. The maximum absolute atomic E-state index is 13.1. The van der Waals surface area contributed by atoms with Crippen molar-refractivity contribution in [2.75, 3.05) is 0 Å². The van der Waals surface area contributed by atoms with Gasteiger partial charge in [0, 0.05) is 17.5 Å². The van der Waals surface area contributed by atoms with Crippen molar-refractivity contribution in [2.24, 2.45) is 0 Å². The molecule has 0 fully saturated rings. The summed E-state index contributed by atoms with van der Waals surface area (Å²) in [5, 5.41) is 3.18. The summed E-state index contributed by atoms with van der Waals surface area (Å²) < 4.78 is 14.3. The van der Waals surface area contributed by atoms with Crippen LogP contribution in [0.25, 0.3) is 10.1 Å². The lowest BCUT2D eigenvalue weighted by atomic mass is 10.0. The second-order valence-corrected chi connectivity index (χ2v) is 5.69. The van der Waals surface area contributed by atoms with E-state index in [-0.39, 0.29) is 18.0 Å².